The molecule has 2 atom stereocenters. The summed E-state index contributed by atoms with van der Waals surface area (Å²) in [5.41, 5.74) is 1.24. The summed E-state index contributed by atoms with van der Waals surface area (Å²) >= 11 is 0. The lowest BCUT2D eigenvalue weighted by atomic mass is 9.92. The Morgan fingerprint density at radius 1 is 1.60 bits per heavy atom. The molecule has 1 fully saturated rings. The number of nitrogens with zero attached hydrogens (tertiary/aromatic N) is 2. The predicted molar refractivity (Wildman–Crippen MR) is 58.8 cm³/mol. The van der Waals surface area contributed by atoms with Crippen molar-refractivity contribution in [1.29, 1.82) is 0 Å². The van der Waals surface area contributed by atoms with Crippen LogP contribution in [0.25, 0.3) is 0 Å². The van der Waals surface area contributed by atoms with Gasteiger partial charge in [-0.05, 0) is 19.4 Å². The molecule has 1 aliphatic rings. The second-order valence-electron chi connectivity index (χ2n) is 4.55. The van der Waals surface area contributed by atoms with Gasteiger partial charge in [-0.25, -0.2) is 0 Å². The first-order chi connectivity index (χ1) is 7.22. The van der Waals surface area contributed by atoms with E-state index in [1.165, 1.54) is 5.56 Å². The third-order valence-electron chi connectivity index (χ3n) is 3.15. The Morgan fingerprint density at radius 2 is 2.40 bits per heavy atom. The molecule has 1 aromatic rings. The zero-order valence-corrected chi connectivity index (χ0v) is 9.35. The van der Waals surface area contributed by atoms with Crippen molar-refractivity contribution in [2.45, 2.75) is 25.8 Å². The summed E-state index contributed by atoms with van der Waals surface area (Å²) < 4.78 is 1.97. The molecule has 1 saturated heterocycles. The van der Waals surface area contributed by atoms with Gasteiger partial charge in [-0.15, -0.1) is 0 Å². The molecule has 0 amide bonds. The molecule has 0 aromatic carbocycles. The van der Waals surface area contributed by atoms with Crippen LogP contribution < -0.4 is 5.32 Å². The first-order valence-electron chi connectivity index (χ1n) is 5.58. The van der Waals surface area contributed by atoms with Crippen molar-refractivity contribution in [2.24, 2.45) is 5.92 Å². The van der Waals surface area contributed by atoms with Crippen LogP contribution in [0.5, 0.6) is 0 Å². The van der Waals surface area contributed by atoms with Gasteiger partial charge in [0, 0.05) is 43.8 Å². The lowest BCUT2D eigenvalue weighted by Crippen LogP contribution is -2.14. The molecule has 1 aliphatic heterocycles. The Hall–Kier alpha value is -0.870. The molecule has 84 valence electrons. The quantitative estimate of drug-likeness (QED) is 0.772. The van der Waals surface area contributed by atoms with E-state index < -0.39 is 0 Å². The third kappa shape index (κ3) is 2.06. The van der Waals surface area contributed by atoms with E-state index in [1.807, 2.05) is 10.9 Å². The fraction of sp³-hybridized carbons (Fsp3) is 0.727. The fourth-order valence-corrected chi connectivity index (χ4v) is 2.14. The van der Waals surface area contributed by atoms with Crippen LogP contribution in [0.15, 0.2) is 12.4 Å². The van der Waals surface area contributed by atoms with Crippen LogP contribution in [0.2, 0.25) is 0 Å². The van der Waals surface area contributed by atoms with E-state index in [4.69, 9.17) is 0 Å². The number of aliphatic hydroxyl groups is 1. The maximum absolute atomic E-state index is 9.25. The van der Waals surface area contributed by atoms with Crippen molar-refractivity contribution in [1.82, 2.24) is 15.1 Å². The summed E-state index contributed by atoms with van der Waals surface area (Å²) in [6.45, 7) is 6.36. The molecule has 0 bridgehead atoms. The molecule has 0 radical (unpaired) electrons. The Bertz CT molecular complexity index is 321. The predicted octanol–water partition coefficient (Wildman–Crippen LogP) is 0.759. The molecule has 0 spiro atoms. The molecule has 2 unspecified atom stereocenters. The summed E-state index contributed by atoms with van der Waals surface area (Å²) in [5, 5.41) is 16.9. The van der Waals surface area contributed by atoms with Crippen LogP contribution in [-0.4, -0.2) is 34.6 Å². The molecule has 0 aliphatic carbocycles. The first-order valence-corrected chi connectivity index (χ1v) is 5.58. The number of hydrogen-bond donors (Lipinski definition) is 2. The summed E-state index contributed by atoms with van der Waals surface area (Å²) in [5.74, 6) is 0.761. The minimum Gasteiger partial charge on any atom is -0.396 e. The van der Waals surface area contributed by atoms with Crippen LogP contribution in [0, 0.1) is 5.92 Å². The van der Waals surface area contributed by atoms with Gasteiger partial charge in [0.2, 0.25) is 0 Å². The summed E-state index contributed by atoms with van der Waals surface area (Å²) in [6.07, 6.45) is 4.03. The van der Waals surface area contributed by atoms with Crippen molar-refractivity contribution < 1.29 is 5.11 Å². The normalized spacial score (nSPS) is 26.4. The lowest BCUT2D eigenvalue weighted by Gasteiger charge is -2.13. The van der Waals surface area contributed by atoms with E-state index in [1.54, 1.807) is 0 Å². The molecule has 0 saturated carbocycles. The highest BCUT2D eigenvalue weighted by atomic mass is 16.3. The van der Waals surface area contributed by atoms with Gasteiger partial charge in [-0.1, -0.05) is 0 Å². The van der Waals surface area contributed by atoms with Crippen LogP contribution >= 0.6 is 0 Å². The SMILES string of the molecule is CC(C)n1cc(C2CNCC2CO)cn1. The van der Waals surface area contributed by atoms with E-state index in [0.717, 1.165) is 13.1 Å². The van der Waals surface area contributed by atoms with Crippen LogP contribution in [0.1, 0.15) is 31.4 Å². The summed E-state index contributed by atoms with van der Waals surface area (Å²) in [6, 6.07) is 0.403. The zero-order chi connectivity index (χ0) is 10.8. The van der Waals surface area contributed by atoms with Crippen molar-refractivity contribution in [2.75, 3.05) is 19.7 Å². The molecular formula is C11H19N3O. The highest BCUT2D eigenvalue weighted by Gasteiger charge is 2.28. The van der Waals surface area contributed by atoms with E-state index in [0.29, 0.717) is 17.9 Å². The standard InChI is InChI=1S/C11H19N3O/c1-8(2)14-6-9(4-13-14)11-5-12-3-10(11)7-15/h4,6,8,10-12,15H,3,5,7H2,1-2H3. The fourth-order valence-electron chi connectivity index (χ4n) is 2.14. The van der Waals surface area contributed by atoms with E-state index >= 15 is 0 Å². The number of aromatic nitrogens is 2. The molecule has 2 rings (SSSR count). The maximum atomic E-state index is 9.25. The van der Waals surface area contributed by atoms with Gasteiger partial charge in [0.25, 0.3) is 0 Å². The van der Waals surface area contributed by atoms with Gasteiger partial charge in [0.15, 0.2) is 0 Å². The minimum absolute atomic E-state index is 0.254. The van der Waals surface area contributed by atoms with Gasteiger partial charge < -0.3 is 10.4 Å². The number of nitrogens with one attached hydrogen (secondary N) is 1. The van der Waals surface area contributed by atoms with Crippen molar-refractivity contribution >= 4 is 0 Å². The lowest BCUT2D eigenvalue weighted by molar-refractivity contribution is 0.226. The smallest absolute Gasteiger partial charge is 0.0525 e. The van der Waals surface area contributed by atoms with Crippen LogP contribution in [-0.2, 0) is 0 Å². The van der Waals surface area contributed by atoms with E-state index in [9.17, 15) is 5.11 Å². The number of aliphatic hydroxyl groups excluding tert-OH is 1. The van der Waals surface area contributed by atoms with Gasteiger partial charge in [0.05, 0.1) is 6.20 Å². The monoisotopic (exact) mass is 209 g/mol. The molecule has 1 aromatic heterocycles. The number of hydrogen-bond acceptors (Lipinski definition) is 3. The topological polar surface area (TPSA) is 50.1 Å². The van der Waals surface area contributed by atoms with Crippen LogP contribution in [0.4, 0.5) is 0 Å². The second kappa shape index (κ2) is 4.33. The van der Waals surface area contributed by atoms with Crippen molar-refractivity contribution in [3.05, 3.63) is 18.0 Å². The summed E-state index contributed by atoms with van der Waals surface area (Å²) in [7, 11) is 0. The first kappa shape index (κ1) is 10.6. The largest absolute Gasteiger partial charge is 0.396 e. The molecule has 4 nitrogen and oxygen atoms in total. The average molecular weight is 209 g/mol. The second-order valence-corrected chi connectivity index (χ2v) is 4.55. The van der Waals surface area contributed by atoms with Crippen molar-refractivity contribution in [3.8, 4) is 0 Å². The Labute approximate surface area is 90.3 Å². The minimum atomic E-state index is 0.254. The molecule has 2 N–H and O–H groups in total. The van der Waals surface area contributed by atoms with Gasteiger partial charge >= 0.3 is 0 Å². The Morgan fingerprint density at radius 3 is 3.00 bits per heavy atom. The average Bonchev–Trinajstić information content (AvgIpc) is 2.85. The zero-order valence-electron chi connectivity index (χ0n) is 9.35. The van der Waals surface area contributed by atoms with Crippen LogP contribution in [0.3, 0.4) is 0 Å². The highest BCUT2D eigenvalue weighted by Crippen LogP contribution is 2.27. The van der Waals surface area contributed by atoms with E-state index in [-0.39, 0.29) is 6.61 Å². The van der Waals surface area contributed by atoms with Gasteiger partial charge in [0.1, 0.15) is 0 Å². The Kier molecular flexibility index (Phi) is 3.07. The maximum Gasteiger partial charge on any atom is 0.0525 e. The molecule has 15 heavy (non-hydrogen) atoms. The van der Waals surface area contributed by atoms with Crippen molar-refractivity contribution in [3.63, 3.8) is 0 Å². The number of rotatable bonds is 3. The van der Waals surface area contributed by atoms with E-state index in [2.05, 4.69) is 30.5 Å². The van der Waals surface area contributed by atoms with Gasteiger partial charge in [-0.3, -0.25) is 4.68 Å². The molecule has 2 heterocycles. The Balaban J connectivity index is 2.14. The molecular weight excluding hydrogens is 190 g/mol. The molecule has 4 heteroatoms. The summed E-state index contributed by atoms with van der Waals surface area (Å²) in [4.78, 5) is 0. The third-order valence-corrected chi connectivity index (χ3v) is 3.15. The highest BCUT2D eigenvalue weighted by molar-refractivity contribution is 5.16. The van der Waals surface area contributed by atoms with Gasteiger partial charge in [-0.2, -0.15) is 5.10 Å².